The molecule has 1 aliphatic heterocycles. The third-order valence-corrected chi connectivity index (χ3v) is 3.60. The molecule has 0 bridgehead atoms. The van der Waals surface area contributed by atoms with E-state index in [-0.39, 0.29) is 34.7 Å². The SMILES string of the molecule is COC(=O)c1c(N)cccc1CN1C(=O)CSC1=O. The largest absolute Gasteiger partial charge is 0.465 e. The number of rotatable bonds is 3. The molecule has 2 rings (SSSR count). The van der Waals surface area contributed by atoms with E-state index in [9.17, 15) is 14.4 Å². The zero-order chi connectivity index (χ0) is 14.0. The van der Waals surface area contributed by atoms with Crippen molar-refractivity contribution in [3.05, 3.63) is 29.3 Å². The lowest BCUT2D eigenvalue weighted by atomic mass is 10.1. The Hall–Kier alpha value is -2.02. The number of thioether (sulfide) groups is 1. The molecule has 0 unspecified atom stereocenters. The normalized spacial score (nSPS) is 14.9. The summed E-state index contributed by atoms with van der Waals surface area (Å²) in [4.78, 5) is 35.9. The Morgan fingerprint density at radius 2 is 2.21 bits per heavy atom. The van der Waals surface area contributed by atoms with Crippen LogP contribution in [0.5, 0.6) is 0 Å². The third-order valence-electron chi connectivity index (χ3n) is 2.74. The predicted octanol–water partition coefficient (Wildman–Crippen LogP) is 1.25. The molecule has 0 saturated carbocycles. The van der Waals surface area contributed by atoms with Crippen molar-refractivity contribution >= 4 is 34.6 Å². The van der Waals surface area contributed by atoms with Gasteiger partial charge >= 0.3 is 5.97 Å². The summed E-state index contributed by atoms with van der Waals surface area (Å²) in [6.07, 6.45) is 0. The molecule has 1 aliphatic rings. The second kappa shape index (κ2) is 5.31. The van der Waals surface area contributed by atoms with E-state index in [1.807, 2.05) is 0 Å². The van der Waals surface area contributed by atoms with Crippen LogP contribution in [-0.2, 0) is 16.1 Å². The number of methoxy groups -OCH3 is 1. The summed E-state index contributed by atoms with van der Waals surface area (Å²) < 4.78 is 4.66. The average molecular weight is 280 g/mol. The molecule has 1 fully saturated rings. The summed E-state index contributed by atoms with van der Waals surface area (Å²) in [5.41, 5.74) is 6.70. The van der Waals surface area contributed by atoms with E-state index in [1.165, 1.54) is 7.11 Å². The molecule has 1 aromatic rings. The number of esters is 1. The fourth-order valence-electron chi connectivity index (χ4n) is 1.81. The maximum absolute atomic E-state index is 11.7. The molecular weight excluding hydrogens is 268 g/mol. The molecule has 0 aliphatic carbocycles. The second-order valence-corrected chi connectivity index (χ2v) is 4.83. The molecule has 2 amide bonds. The summed E-state index contributed by atoms with van der Waals surface area (Å²) in [5, 5.41) is -0.316. The average Bonchev–Trinajstić information content (AvgIpc) is 2.70. The van der Waals surface area contributed by atoms with Crippen LogP contribution in [0.25, 0.3) is 0 Å². The number of carbonyl (C=O) groups excluding carboxylic acids is 3. The highest BCUT2D eigenvalue weighted by Gasteiger charge is 2.31. The summed E-state index contributed by atoms with van der Waals surface area (Å²) in [6, 6.07) is 4.87. The van der Waals surface area contributed by atoms with E-state index in [0.717, 1.165) is 16.7 Å². The van der Waals surface area contributed by atoms with Crippen molar-refractivity contribution in [1.29, 1.82) is 0 Å². The van der Waals surface area contributed by atoms with E-state index in [2.05, 4.69) is 4.74 Å². The Labute approximate surface area is 113 Å². The molecule has 7 heteroatoms. The minimum Gasteiger partial charge on any atom is -0.465 e. The highest BCUT2D eigenvalue weighted by Crippen LogP contribution is 2.25. The molecule has 0 radical (unpaired) electrons. The molecule has 0 aromatic heterocycles. The van der Waals surface area contributed by atoms with Gasteiger partial charge < -0.3 is 10.5 Å². The van der Waals surface area contributed by atoms with Crippen molar-refractivity contribution in [2.75, 3.05) is 18.6 Å². The van der Waals surface area contributed by atoms with Crippen molar-refractivity contribution < 1.29 is 19.1 Å². The van der Waals surface area contributed by atoms with Gasteiger partial charge in [0.05, 0.1) is 25.0 Å². The van der Waals surface area contributed by atoms with Crippen LogP contribution in [0, 0.1) is 0 Å². The zero-order valence-electron chi connectivity index (χ0n) is 10.2. The van der Waals surface area contributed by atoms with Crippen molar-refractivity contribution in [2.24, 2.45) is 0 Å². The first-order valence-corrected chi connectivity index (χ1v) is 6.46. The summed E-state index contributed by atoms with van der Waals surface area (Å²) >= 11 is 0.947. The van der Waals surface area contributed by atoms with Crippen LogP contribution >= 0.6 is 11.8 Å². The number of amides is 2. The fraction of sp³-hybridized carbons (Fsp3) is 0.250. The van der Waals surface area contributed by atoms with E-state index in [1.54, 1.807) is 18.2 Å². The molecule has 1 saturated heterocycles. The Kier molecular flexibility index (Phi) is 3.75. The first-order chi connectivity index (χ1) is 9.04. The van der Waals surface area contributed by atoms with Gasteiger partial charge in [-0.3, -0.25) is 14.5 Å². The van der Waals surface area contributed by atoms with Crippen LogP contribution < -0.4 is 5.73 Å². The number of benzene rings is 1. The van der Waals surface area contributed by atoms with E-state index >= 15 is 0 Å². The standard InChI is InChI=1S/C12H12N2O4S/c1-18-11(16)10-7(3-2-4-8(10)13)5-14-9(15)6-19-12(14)17/h2-4H,5-6,13H2,1H3. The Morgan fingerprint density at radius 3 is 2.79 bits per heavy atom. The lowest BCUT2D eigenvalue weighted by Crippen LogP contribution is -2.29. The van der Waals surface area contributed by atoms with Crippen LogP contribution in [0.1, 0.15) is 15.9 Å². The van der Waals surface area contributed by atoms with Gasteiger partial charge in [-0.1, -0.05) is 23.9 Å². The monoisotopic (exact) mass is 280 g/mol. The number of hydrogen-bond donors (Lipinski definition) is 1. The number of anilines is 1. The first kappa shape index (κ1) is 13.4. The fourth-order valence-corrected chi connectivity index (χ4v) is 2.53. The van der Waals surface area contributed by atoms with Gasteiger partial charge in [0.1, 0.15) is 0 Å². The van der Waals surface area contributed by atoms with Gasteiger partial charge in [-0.15, -0.1) is 0 Å². The van der Waals surface area contributed by atoms with Crippen molar-refractivity contribution in [2.45, 2.75) is 6.54 Å². The summed E-state index contributed by atoms with van der Waals surface area (Å²) in [6.45, 7) is 0.0279. The van der Waals surface area contributed by atoms with Gasteiger partial charge in [-0.2, -0.15) is 0 Å². The Bertz CT molecular complexity index is 543. The number of nitrogens with zero attached hydrogens (tertiary/aromatic N) is 1. The van der Waals surface area contributed by atoms with Crippen LogP contribution in [-0.4, -0.2) is 34.9 Å². The van der Waals surface area contributed by atoms with Crippen LogP contribution in [0.15, 0.2) is 18.2 Å². The summed E-state index contributed by atoms with van der Waals surface area (Å²) in [5.74, 6) is -0.720. The highest BCUT2D eigenvalue weighted by atomic mass is 32.2. The van der Waals surface area contributed by atoms with E-state index in [0.29, 0.717) is 5.56 Å². The quantitative estimate of drug-likeness (QED) is 0.662. The number of hydrogen-bond acceptors (Lipinski definition) is 6. The van der Waals surface area contributed by atoms with Crippen molar-refractivity contribution in [1.82, 2.24) is 4.90 Å². The molecule has 1 heterocycles. The molecule has 0 atom stereocenters. The minimum atomic E-state index is -0.583. The third kappa shape index (κ3) is 2.55. The molecule has 100 valence electrons. The Balaban J connectivity index is 2.35. The number of nitrogen functional groups attached to an aromatic ring is 1. The van der Waals surface area contributed by atoms with Gasteiger partial charge in [0.15, 0.2) is 0 Å². The predicted molar refractivity (Wildman–Crippen MR) is 70.6 cm³/mol. The van der Waals surface area contributed by atoms with Gasteiger partial charge in [-0.05, 0) is 11.6 Å². The lowest BCUT2D eigenvalue weighted by molar-refractivity contribution is -0.125. The molecule has 1 aromatic carbocycles. The lowest BCUT2D eigenvalue weighted by Gasteiger charge is -2.16. The van der Waals surface area contributed by atoms with Gasteiger partial charge in [-0.25, -0.2) is 4.79 Å². The van der Waals surface area contributed by atoms with Crippen LogP contribution in [0.3, 0.4) is 0 Å². The first-order valence-electron chi connectivity index (χ1n) is 5.47. The van der Waals surface area contributed by atoms with Gasteiger partial charge in [0, 0.05) is 5.69 Å². The van der Waals surface area contributed by atoms with Crippen molar-refractivity contribution in [3.8, 4) is 0 Å². The molecule has 19 heavy (non-hydrogen) atoms. The van der Waals surface area contributed by atoms with E-state index < -0.39 is 5.97 Å². The number of carbonyl (C=O) groups is 3. The smallest absolute Gasteiger partial charge is 0.340 e. The number of imide groups is 1. The summed E-state index contributed by atoms with van der Waals surface area (Å²) in [7, 11) is 1.25. The maximum Gasteiger partial charge on any atom is 0.340 e. The highest BCUT2D eigenvalue weighted by molar-refractivity contribution is 8.14. The topological polar surface area (TPSA) is 89.7 Å². The van der Waals surface area contributed by atoms with E-state index in [4.69, 9.17) is 5.73 Å². The maximum atomic E-state index is 11.7. The van der Waals surface area contributed by atoms with Crippen molar-refractivity contribution in [3.63, 3.8) is 0 Å². The molecule has 0 spiro atoms. The number of nitrogens with two attached hydrogens (primary N) is 1. The van der Waals surface area contributed by atoms with Gasteiger partial charge in [0.2, 0.25) is 5.91 Å². The molecular formula is C12H12N2O4S. The van der Waals surface area contributed by atoms with Crippen LogP contribution in [0.4, 0.5) is 10.5 Å². The minimum absolute atomic E-state index is 0.0279. The second-order valence-electron chi connectivity index (χ2n) is 3.91. The molecule has 2 N–H and O–H groups in total. The zero-order valence-corrected chi connectivity index (χ0v) is 11.0. The van der Waals surface area contributed by atoms with Crippen LogP contribution in [0.2, 0.25) is 0 Å². The number of ether oxygens (including phenoxy) is 1. The van der Waals surface area contributed by atoms with Gasteiger partial charge in [0.25, 0.3) is 5.24 Å². The molecule has 6 nitrogen and oxygen atoms in total. The Morgan fingerprint density at radius 1 is 1.47 bits per heavy atom.